The number of amides is 2. The standard InChI is InChI=1S/C10H13N5O2S/c1-5-8(9(11)18)10(14(2)13-5)15-3-6(16)12-7(17)4-15/h3-4H2,1-2H3,(H2,11,18)(H,12,16,17). The Labute approximate surface area is 109 Å². The second-order valence-electron chi connectivity index (χ2n) is 4.10. The summed E-state index contributed by atoms with van der Waals surface area (Å²) in [7, 11) is 1.72. The number of thiocarbonyl (C=S) groups is 1. The third kappa shape index (κ3) is 2.06. The van der Waals surface area contributed by atoms with Gasteiger partial charge < -0.3 is 10.6 Å². The molecule has 7 nitrogen and oxygen atoms in total. The van der Waals surface area contributed by atoms with E-state index in [0.29, 0.717) is 17.1 Å². The first-order chi connectivity index (χ1) is 8.40. The van der Waals surface area contributed by atoms with E-state index in [4.69, 9.17) is 18.0 Å². The highest BCUT2D eigenvalue weighted by atomic mass is 32.1. The van der Waals surface area contributed by atoms with E-state index in [1.54, 1.807) is 23.6 Å². The molecule has 1 aliphatic rings. The molecule has 0 spiro atoms. The van der Waals surface area contributed by atoms with E-state index in [-0.39, 0.29) is 29.9 Å². The van der Waals surface area contributed by atoms with Gasteiger partial charge in [0.2, 0.25) is 11.8 Å². The van der Waals surface area contributed by atoms with Crippen molar-refractivity contribution in [2.45, 2.75) is 6.92 Å². The first-order valence-corrected chi connectivity index (χ1v) is 5.72. The number of nitrogens with two attached hydrogens (primary N) is 1. The van der Waals surface area contributed by atoms with E-state index in [9.17, 15) is 9.59 Å². The lowest BCUT2D eigenvalue weighted by Crippen LogP contribution is -2.52. The normalized spacial score (nSPS) is 15.8. The predicted molar refractivity (Wildman–Crippen MR) is 69.2 cm³/mol. The van der Waals surface area contributed by atoms with E-state index in [2.05, 4.69) is 10.4 Å². The number of carbonyl (C=O) groups excluding carboxylic acids is 2. The van der Waals surface area contributed by atoms with Gasteiger partial charge >= 0.3 is 0 Å². The lowest BCUT2D eigenvalue weighted by Gasteiger charge is -2.28. The van der Waals surface area contributed by atoms with Crippen LogP contribution in [0.25, 0.3) is 0 Å². The van der Waals surface area contributed by atoms with E-state index >= 15 is 0 Å². The van der Waals surface area contributed by atoms with E-state index in [1.165, 1.54) is 0 Å². The highest BCUT2D eigenvalue weighted by Gasteiger charge is 2.28. The Morgan fingerprint density at radius 1 is 1.39 bits per heavy atom. The van der Waals surface area contributed by atoms with Crippen LogP contribution in [0.5, 0.6) is 0 Å². The van der Waals surface area contributed by atoms with Crippen molar-refractivity contribution < 1.29 is 9.59 Å². The van der Waals surface area contributed by atoms with Crippen molar-refractivity contribution in [2.24, 2.45) is 12.8 Å². The van der Waals surface area contributed by atoms with Gasteiger partial charge in [0, 0.05) is 7.05 Å². The molecule has 0 atom stereocenters. The molecule has 0 aromatic carbocycles. The lowest BCUT2D eigenvalue weighted by molar-refractivity contribution is -0.130. The minimum atomic E-state index is -0.348. The predicted octanol–water partition coefficient (Wildman–Crippen LogP) is -1.17. The molecule has 0 bridgehead atoms. The number of rotatable bonds is 2. The third-order valence-corrected chi connectivity index (χ3v) is 2.89. The van der Waals surface area contributed by atoms with Gasteiger partial charge in [0.15, 0.2) is 0 Å². The van der Waals surface area contributed by atoms with Gasteiger partial charge in [-0.2, -0.15) is 5.10 Å². The fourth-order valence-corrected chi connectivity index (χ4v) is 2.32. The van der Waals surface area contributed by atoms with Crippen LogP contribution in [0.2, 0.25) is 0 Å². The number of nitrogens with zero attached hydrogens (tertiary/aromatic N) is 3. The second-order valence-corrected chi connectivity index (χ2v) is 4.54. The van der Waals surface area contributed by atoms with Crippen LogP contribution in [0.4, 0.5) is 5.82 Å². The van der Waals surface area contributed by atoms with Crippen LogP contribution in [0.1, 0.15) is 11.3 Å². The van der Waals surface area contributed by atoms with Crippen LogP contribution in [0, 0.1) is 6.92 Å². The molecule has 18 heavy (non-hydrogen) atoms. The summed E-state index contributed by atoms with van der Waals surface area (Å²) in [5, 5.41) is 6.46. The molecule has 3 N–H and O–H groups in total. The molecule has 0 radical (unpaired) electrons. The summed E-state index contributed by atoms with van der Waals surface area (Å²) in [5.74, 6) is -0.0961. The van der Waals surface area contributed by atoms with Gasteiger partial charge in [-0.15, -0.1) is 0 Å². The highest BCUT2D eigenvalue weighted by molar-refractivity contribution is 7.80. The summed E-state index contributed by atoms with van der Waals surface area (Å²) in [6.45, 7) is 1.95. The summed E-state index contributed by atoms with van der Waals surface area (Å²) in [6.07, 6.45) is 0. The fraction of sp³-hybridized carbons (Fsp3) is 0.400. The zero-order valence-electron chi connectivity index (χ0n) is 10.1. The van der Waals surface area contributed by atoms with E-state index in [0.717, 1.165) is 0 Å². The first-order valence-electron chi connectivity index (χ1n) is 5.31. The quantitative estimate of drug-likeness (QED) is 0.518. The molecule has 2 rings (SSSR count). The number of hydrogen-bond donors (Lipinski definition) is 2. The molecule has 0 saturated carbocycles. The Bertz CT molecular complexity index is 535. The van der Waals surface area contributed by atoms with Crippen LogP contribution >= 0.6 is 12.2 Å². The Morgan fingerprint density at radius 2 is 1.94 bits per heavy atom. The van der Waals surface area contributed by atoms with Crippen molar-refractivity contribution in [3.8, 4) is 0 Å². The summed E-state index contributed by atoms with van der Waals surface area (Å²) < 4.78 is 1.58. The lowest BCUT2D eigenvalue weighted by atomic mass is 10.2. The smallest absolute Gasteiger partial charge is 0.246 e. The molecule has 8 heteroatoms. The fourth-order valence-electron chi connectivity index (χ4n) is 2.08. The van der Waals surface area contributed by atoms with Gasteiger partial charge in [-0.1, -0.05) is 12.2 Å². The first kappa shape index (κ1) is 12.5. The maximum absolute atomic E-state index is 11.4. The molecular formula is C10H13N5O2S. The van der Waals surface area contributed by atoms with E-state index < -0.39 is 0 Å². The van der Waals surface area contributed by atoms with Crippen molar-refractivity contribution in [1.29, 1.82) is 0 Å². The Morgan fingerprint density at radius 3 is 2.44 bits per heavy atom. The number of nitrogens with one attached hydrogen (secondary N) is 1. The zero-order valence-corrected chi connectivity index (χ0v) is 10.9. The molecule has 1 aromatic heterocycles. The third-order valence-electron chi connectivity index (χ3n) is 2.69. The number of aromatic nitrogens is 2. The number of aryl methyl sites for hydroxylation is 2. The monoisotopic (exact) mass is 267 g/mol. The number of anilines is 1. The Kier molecular flexibility index (Phi) is 3.04. The molecule has 0 unspecified atom stereocenters. The van der Waals surface area contributed by atoms with Crippen molar-refractivity contribution in [3.63, 3.8) is 0 Å². The Balaban J connectivity index is 2.47. The van der Waals surface area contributed by atoms with Gasteiger partial charge in [0.25, 0.3) is 0 Å². The second kappa shape index (κ2) is 4.37. The van der Waals surface area contributed by atoms with Gasteiger partial charge in [0.05, 0.1) is 24.3 Å². The molecule has 1 fully saturated rings. The van der Waals surface area contributed by atoms with Crippen LogP contribution in [-0.2, 0) is 16.6 Å². The summed E-state index contributed by atoms with van der Waals surface area (Å²) in [4.78, 5) is 24.6. The maximum atomic E-state index is 11.4. The van der Waals surface area contributed by atoms with Gasteiger partial charge in [0.1, 0.15) is 10.8 Å². The SMILES string of the molecule is Cc1nn(C)c(N2CC(=O)NC(=O)C2)c1C(N)=S. The Hall–Kier alpha value is -1.96. The summed E-state index contributed by atoms with van der Waals surface area (Å²) >= 11 is 4.99. The van der Waals surface area contributed by atoms with Crippen LogP contribution in [0.15, 0.2) is 0 Å². The zero-order chi connectivity index (χ0) is 13.4. The number of hydrogen-bond acceptors (Lipinski definition) is 5. The van der Waals surface area contributed by atoms with Crippen LogP contribution in [0.3, 0.4) is 0 Å². The average molecular weight is 267 g/mol. The maximum Gasteiger partial charge on any atom is 0.246 e. The molecule has 1 aliphatic heterocycles. The van der Waals surface area contributed by atoms with Crippen LogP contribution in [-0.4, -0.2) is 39.7 Å². The molecule has 2 amide bonds. The van der Waals surface area contributed by atoms with Crippen molar-refractivity contribution in [1.82, 2.24) is 15.1 Å². The van der Waals surface area contributed by atoms with Crippen LogP contribution < -0.4 is 16.0 Å². The van der Waals surface area contributed by atoms with Gasteiger partial charge in [-0.3, -0.25) is 19.6 Å². The molecule has 0 aliphatic carbocycles. The molecular weight excluding hydrogens is 254 g/mol. The number of piperazine rings is 1. The highest BCUT2D eigenvalue weighted by Crippen LogP contribution is 2.23. The summed E-state index contributed by atoms with van der Waals surface area (Å²) in [6, 6.07) is 0. The molecule has 2 heterocycles. The molecule has 1 aromatic rings. The minimum absolute atomic E-state index is 0.0837. The molecule has 1 saturated heterocycles. The number of imide groups is 1. The van der Waals surface area contributed by atoms with Crippen molar-refractivity contribution >= 4 is 34.8 Å². The topological polar surface area (TPSA) is 93.2 Å². The van der Waals surface area contributed by atoms with Gasteiger partial charge in [-0.05, 0) is 6.92 Å². The average Bonchev–Trinajstić information content (AvgIpc) is 2.51. The number of carbonyl (C=O) groups is 2. The summed E-state index contributed by atoms with van der Waals surface area (Å²) in [5.41, 5.74) is 6.96. The van der Waals surface area contributed by atoms with Crippen molar-refractivity contribution in [3.05, 3.63) is 11.3 Å². The molecule has 96 valence electrons. The van der Waals surface area contributed by atoms with Gasteiger partial charge in [-0.25, -0.2) is 0 Å². The van der Waals surface area contributed by atoms with E-state index in [1.807, 2.05) is 0 Å². The van der Waals surface area contributed by atoms with Crippen molar-refractivity contribution in [2.75, 3.05) is 18.0 Å². The largest absolute Gasteiger partial charge is 0.389 e. The minimum Gasteiger partial charge on any atom is -0.389 e.